The molecule has 5 nitrogen and oxygen atoms in total. The third kappa shape index (κ3) is 5.35. The number of carbonyl (C=O) groups excluding carboxylic acids is 2. The van der Waals surface area contributed by atoms with Gasteiger partial charge in [-0.2, -0.15) is 0 Å². The van der Waals surface area contributed by atoms with E-state index in [1.807, 2.05) is 19.1 Å². The van der Waals surface area contributed by atoms with E-state index in [0.717, 1.165) is 11.1 Å². The lowest BCUT2D eigenvalue weighted by molar-refractivity contribution is -0.123. The minimum atomic E-state index is -0.402. The number of amides is 2. The predicted octanol–water partition coefficient (Wildman–Crippen LogP) is 3.18. The van der Waals surface area contributed by atoms with Gasteiger partial charge in [0.25, 0.3) is 0 Å². The van der Waals surface area contributed by atoms with E-state index in [1.54, 1.807) is 36.7 Å². The lowest BCUT2D eigenvalue weighted by Crippen LogP contribution is -2.33. The Hall–Kier alpha value is -2.40. The average Bonchev–Trinajstić information content (AvgIpc) is 2.55. The number of carbonyl (C=O) groups is 2. The Balaban J connectivity index is 2.04. The molecule has 1 aromatic heterocycles. The molecule has 2 aromatic rings. The zero-order valence-electron chi connectivity index (χ0n) is 13.6. The van der Waals surface area contributed by atoms with Crippen LogP contribution in [0.5, 0.6) is 0 Å². The second-order valence-electron chi connectivity index (χ2n) is 5.58. The maximum Gasteiger partial charge on any atom is 0.222 e. The molecule has 1 heterocycles. The highest BCUT2D eigenvalue weighted by Crippen LogP contribution is 2.20. The van der Waals surface area contributed by atoms with Gasteiger partial charge in [0.2, 0.25) is 11.8 Å². The van der Waals surface area contributed by atoms with Crippen LogP contribution in [-0.4, -0.2) is 16.8 Å². The third-order valence-electron chi connectivity index (χ3n) is 3.60. The number of hydrogen-bond acceptors (Lipinski definition) is 3. The summed E-state index contributed by atoms with van der Waals surface area (Å²) < 4.78 is 0. The Morgan fingerprint density at radius 1 is 1.12 bits per heavy atom. The van der Waals surface area contributed by atoms with Crippen LogP contribution in [-0.2, 0) is 9.59 Å². The fraction of sp³-hybridized carbons (Fsp3) is 0.278. The fourth-order valence-electron chi connectivity index (χ4n) is 2.39. The topological polar surface area (TPSA) is 71.1 Å². The van der Waals surface area contributed by atoms with Gasteiger partial charge in [0.15, 0.2) is 0 Å². The van der Waals surface area contributed by atoms with Gasteiger partial charge in [-0.25, -0.2) is 0 Å². The molecule has 126 valence electrons. The first kappa shape index (κ1) is 17.9. The molecule has 24 heavy (non-hydrogen) atoms. The van der Waals surface area contributed by atoms with Gasteiger partial charge in [-0.3, -0.25) is 14.6 Å². The summed E-state index contributed by atoms with van der Waals surface area (Å²) >= 11 is 5.89. The van der Waals surface area contributed by atoms with Gasteiger partial charge < -0.3 is 10.6 Å². The molecule has 0 radical (unpaired) electrons. The Morgan fingerprint density at radius 3 is 2.42 bits per heavy atom. The number of aromatic nitrogens is 1. The van der Waals surface area contributed by atoms with E-state index in [9.17, 15) is 9.59 Å². The predicted molar refractivity (Wildman–Crippen MR) is 93.4 cm³/mol. The van der Waals surface area contributed by atoms with Crippen molar-refractivity contribution in [3.8, 4) is 0 Å². The largest absolute Gasteiger partial charge is 0.349 e. The van der Waals surface area contributed by atoms with Crippen molar-refractivity contribution >= 4 is 23.4 Å². The second kappa shape index (κ2) is 8.45. The summed E-state index contributed by atoms with van der Waals surface area (Å²) in [4.78, 5) is 27.8. The lowest BCUT2D eigenvalue weighted by atomic mass is 10.0. The zero-order valence-corrected chi connectivity index (χ0v) is 14.4. The standard InChI is InChI=1S/C18H20ClN3O2/c1-12(15-4-3-9-20-11-15)21-18(24)10-17(22-13(2)23)14-5-7-16(19)8-6-14/h3-9,11-12,17H,10H2,1-2H3,(H,21,24)(H,22,23). The molecule has 0 aliphatic heterocycles. The second-order valence-corrected chi connectivity index (χ2v) is 6.02. The van der Waals surface area contributed by atoms with Crippen LogP contribution in [0.3, 0.4) is 0 Å². The van der Waals surface area contributed by atoms with Gasteiger partial charge in [0, 0.05) is 24.3 Å². The van der Waals surface area contributed by atoms with Crippen LogP contribution in [0, 0.1) is 0 Å². The van der Waals surface area contributed by atoms with E-state index in [4.69, 9.17) is 11.6 Å². The van der Waals surface area contributed by atoms with Gasteiger partial charge in [0.05, 0.1) is 18.5 Å². The Labute approximate surface area is 146 Å². The van der Waals surface area contributed by atoms with Crippen LogP contribution >= 0.6 is 11.6 Å². The molecule has 2 rings (SSSR count). The number of halogens is 1. The lowest BCUT2D eigenvalue weighted by Gasteiger charge is -2.20. The van der Waals surface area contributed by atoms with Crippen LogP contribution < -0.4 is 10.6 Å². The molecule has 0 saturated carbocycles. The molecule has 2 N–H and O–H groups in total. The van der Waals surface area contributed by atoms with Crippen molar-refractivity contribution < 1.29 is 9.59 Å². The summed E-state index contributed by atoms with van der Waals surface area (Å²) in [6, 6.07) is 10.3. The summed E-state index contributed by atoms with van der Waals surface area (Å²) in [5, 5.41) is 6.34. The van der Waals surface area contributed by atoms with E-state index >= 15 is 0 Å². The zero-order chi connectivity index (χ0) is 17.5. The molecule has 2 unspecified atom stereocenters. The first-order valence-electron chi connectivity index (χ1n) is 7.67. The molecular formula is C18H20ClN3O2. The van der Waals surface area contributed by atoms with Gasteiger partial charge in [-0.05, 0) is 36.2 Å². The Morgan fingerprint density at radius 2 is 1.83 bits per heavy atom. The minimum Gasteiger partial charge on any atom is -0.349 e. The Kier molecular flexibility index (Phi) is 6.32. The molecule has 0 fully saturated rings. The molecule has 0 bridgehead atoms. The van der Waals surface area contributed by atoms with Crippen LogP contribution in [0.25, 0.3) is 0 Å². The SMILES string of the molecule is CC(=O)NC(CC(=O)NC(C)c1cccnc1)c1ccc(Cl)cc1. The average molecular weight is 346 g/mol. The van der Waals surface area contributed by atoms with Crippen molar-refractivity contribution in [1.29, 1.82) is 0 Å². The van der Waals surface area contributed by atoms with Gasteiger partial charge >= 0.3 is 0 Å². The molecule has 6 heteroatoms. The molecule has 0 saturated heterocycles. The van der Waals surface area contributed by atoms with Crippen molar-refractivity contribution in [2.24, 2.45) is 0 Å². The summed E-state index contributed by atoms with van der Waals surface area (Å²) in [6.07, 6.45) is 3.55. The summed E-state index contributed by atoms with van der Waals surface area (Å²) in [5.41, 5.74) is 1.76. The van der Waals surface area contributed by atoms with Gasteiger partial charge in [0.1, 0.15) is 0 Å². The molecular weight excluding hydrogens is 326 g/mol. The highest BCUT2D eigenvalue weighted by Gasteiger charge is 2.18. The quantitative estimate of drug-likeness (QED) is 0.844. The number of nitrogens with zero attached hydrogens (tertiary/aromatic N) is 1. The molecule has 0 aliphatic rings. The van der Waals surface area contributed by atoms with Crippen molar-refractivity contribution in [2.45, 2.75) is 32.4 Å². The maximum absolute atomic E-state index is 12.4. The van der Waals surface area contributed by atoms with Gasteiger partial charge in [-0.1, -0.05) is 29.8 Å². The Bertz CT molecular complexity index is 689. The number of hydrogen-bond donors (Lipinski definition) is 2. The minimum absolute atomic E-state index is 0.145. The van der Waals surface area contributed by atoms with Crippen molar-refractivity contribution in [2.75, 3.05) is 0 Å². The number of rotatable bonds is 6. The maximum atomic E-state index is 12.4. The van der Waals surface area contributed by atoms with Crippen molar-refractivity contribution in [3.63, 3.8) is 0 Å². The van der Waals surface area contributed by atoms with E-state index < -0.39 is 6.04 Å². The van der Waals surface area contributed by atoms with Crippen LogP contribution in [0.1, 0.15) is 43.5 Å². The van der Waals surface area contributed by atoms with E-state index in [-0.39, 0.29) is 24.3 Å². The third-order valence-corrected chi connectivity index (χ3v) is 3.85. The molecule has 0 spiro atoms. The van der Waals surface area contributed by atoms with Crippen molar-refractivity contribution in [1.82, 2.24) is 15.6 Å². The monoisotopic (exact) mass is 345 g/mol. The van der Waals surface area contributed by atoms with Crippen LogP contribution in [0.2, 0.25) is 5.02 Å². The van der Waals surface area contributed by atoms with Crippen LogP contribution in [0.15, 0.2) is 48.8 Å². The highest BCUT2D eigenvalue weighted by molar-refractivity contribution is 6.30. The normalized spacial score (nSPS) is 13.0. The van der Waals surface area contributed by atoms with Crippen molar-refractivity contribution in [3.05, 3.63) is 64.9 Å². The summed E-state index contributed by atoms with van der Waals surface area (Å²) in [7, 11) is 0. The summed E-state index contributed by atoms with van der Waals surface area (Å²) in [5.74, 6) is -0.344. The summed E-state index contributed by atoms with van der Waals surface area (Å²) in [6.45, 7) is 3.32. The fourth-order valence-corrected chi connectivity index (χ4v) is 2.52. The molecule has 1 aromatic carbocycles. The van der Waals surface area contributed by atoms with E-state index in [0.29, 0.717) is 5.02 Å². The van der Waals surface area contributed by atoms with Crippen LogP contribution in [0.4, 0.5) is 0 Å². The number of nitrogens with one attached hydrogen (secondary N) is 2. The first-order valence-corrected chi connectivity index (χ1v) is 8.05. The molecule has 0 aliphatic carbocycles. The molecule has 2 amide bonds. The first-order chi connectivity index (χ1) is 11.5. The van der Waals surface area contributed by atoms with E-state index in [2.05, 4.69) is 15.6 Å². The molecule has 2 atom stereocenters. The van der Waals surface area contributed by atoms with E-state index in [1.165, 1.54) is 6.92 Å². The number of pyridine rings is 1. The smallest absolute Gasteiger partial charge is 0.222 e. The number of benzene rings is 1. The van der Waals surface area contributed by atoms with Gasteiger partial charge in [-0.15, -0.1) is 0 Å². The highest BCUT2D eigenvalue weighted by atomic mass is 35.5.